The van der Waals surface area contributed by atoms with Gasteiger partial charge in [-0.3, -0.25) is 9.80 Å². The fraction of sp³-hybridized carbons (Fsp3) is 0.625. The SMILES string of the molecule is O[C@@H]1C[C@H]2CN([C@@H]3CCc4cc(Br)ccc43)CCN2C1. The molecule has 2 saturated heterocycles. The Morgan fingerprint density at radius 2 is 2.00 bits per heavy atom. The van der Waals surface area contributed by atoms with Gasteiger partial charge in [-0.1, -0.05) is 22.0 Å². The predicted molar refractivity (Wildman–Crippen MR) is 82.8 cm³/mol. The van der Waals surface area contributed by atoms with Crippen LogP contribution in [-0.4, -0.2) is 53.2 Å². The van der Waals surface area contributed by atoms with E-state index in [2.05, 4.69) is 43.9 Å². The molecule has 0 spiro atoms. The maximum atomic E-state index is 9.83. The molecule has 2 fully saturated rings. The zero-order valence-corrected chi connectivity index (χ0v) is 13.2. The van der Waals surface area contributed by atoms with Gasteiger partial charge in [-0.25, -0.2) is 0 Å². The number of fused-ring (bicyclic) bond motifs is 2. The first kappa shape index (κ1) is 13.3. The Morgan fingerprint density at radius 3 is 2.90 bits per heavy atom. The van der Waals surface area contributed by atoms with Crippen LogP contribution in [0, 0.1) is 0 Å². The number of hydrogen-bond donors (Lipinski definition) is 1. The molecule has 1 aliphatic carbocycles. The monoisotopic (exact) mass is 336 g/mol. The fourth-order valence-electron chi connectivity index (χ4n) is 4.27. The van der Waals surface area contributed by atoms with Crippen molar-refractivity contribution < 1.29 is 5.11 Å². The van der Waals surface area contributed by atoms with Gasteiger partial charge in [0.05, 0.1) is 6.10 Å². The van der Waals surface area contributed by atoms with Crippen LogP contribution in [0.2, 0.25) is 0 Å². The summed E-state index contributed by atoms with van der Waals surface area (Å²) in [4.78, 5) is 5.12. The van der Waals surface area contributed by atoms with Crippen LogP contribution in [0.1, 0.15) is 30.0 Å². The first-order valence-corrected chi connectivity index (χ1v) is 8.44. The molecule has 0 aromatic heterocycles. The minimum absolute atomic E-state index is 0.105. The highest BCUT2D eigenvalue weighted by Crippen LogP contribution is 2.38. The summed E-state index contributed by atoms with van der Waals surface area (Å²) in [5, 5.41) is 9.83. The average Bonchev–Trinajstić information content (AvgIpc) is 2.99. The Morgan fingerprint density at radius 1 is 1.15 bits per heavy atom. The molecule has 0 unspecified atom stereocenters. The Hall–Kier alpha value is -0.420. The van der Waals surface area contributed by atoms with Crippen LogP contribution in [0.25, 0.3) is 0 Å². The number of hydrogen-bond acceptors (Lipinski definition) is 3. The summed E-state index contributed by atoms with van der Waals surface area (Å²) >= 11 is 3.58. The summed E-state index contributed by atoms with van der Waals surface area (Å²) in [5.41, 5.74) is 3.04. The number of aliphatic hydroxyl groups excluding tert-OH is 1. The van der Waals surface area contributed by atoms with E-state index in [-0.39, 0.29) is 6.10 Å². The van der Waals surface area contributed by atoms with Crippen molar-refractivity contribution in [3.8, 4) is 0 Å². The first-order chi connectivity index (χ1) is 9.70. The van der Waals surface area contributed by atoms with Gasteiger partial charge in [0, 0.05) is 42.7 Å². The maximum absolute atomic E-state index is 9.83. The third-order valence-corrected chi connectivity index (χ3v) is 5.71. The second kappa shape index (κ2) is 5.09. The van der Waals surface area contributed by atoms with Gasteiger partial charge < -0.3 is 5.11 Å². The Bertz CT molecular complexity index is 521. The zero-order valence-electron chi connectivity index (χ0n) is 11.6. The molecule has 20 heavy (non-hydrogen) atoms. The molecular formula is C16H21BrN2O. The zero-order chi connectivity index (χ0) is 13.7. The number of rotatable bonds is 1. The third-order valence-electron chi connectivity index (χ3n) is 5.22. The van der Waals surface area contributed by atoms with Crippen LogP contribution < -0.4 is 0 Å². The van der Waals surface area contributed by atoms with Crippen molar-refractivity contribution >= 4 is 15.9 Å². The Balaban J connectivity index is 1.53. The van der Waals surface area contributed by atoms with E-state index in [9.17, 15) is 5.11 Å². The van der Waals surface area contributed by atoms with Gasteiger partial charge in [-0.2, -0.15) is 0 Å². The van der Waals surface area contributed by atoms with Crippen molar-refractivity contribution in [3.05, 3.63) is 33.8 Å². The molecule has 0 saturated carbocycles. The molecule has 4 rings (SSSR count). The van der Waals surface area contributed by atoms with Gasteiger partial charge >= 0.3 is 0 Å². The third kappa shape index (κ3) is 2.23. The standard InChI is InChI=1S/C16H21BrN2O/c17-12-2-3-15-11(7-12)1-4-16(15)19-6-5-18-10-14(20)8-13(18)9-19/h2-3,7,13-14,16,20H,1,4-6,8-10H2/t13-,14+,16+/m0/s1. The molecule has 1 aromatic rings. The van der Waals surface area contributed by atoms with Crippen LogP contribution in [0.3, 0.4) is 0 Å². The summed E-state index contributed by atoms with van der Waals surface area (Å²) < 4.78 is 1.20. The topological polar surface area (TPSA) is 26.7 Å². The highest BCUT2D eigenvalue weighted by Gasteiger charge is 2.38. The molecule has 1 aromatic carbocycles. The average molecular weight is 337 g/mol. The number of halogens is 1. The van der Waals surface area contributed by atoms with Gasteiger partial charge in [0.25, 0.3) is 0 Å². The van der Waals surface area contributed by atoms with E-state index in [1.807, 2.05) is 0 Å². The Kier molecular flexibility index (Phi) is 3.38. The summed E-state index contributed by atoms with van der Waals surface area (Å²) in [7, 11) is 0. The van der Waals surface area contributed by atoms with Crippen LogP contribution in [0.4, 0.5) is 0 Å². The van der Waals surface area contributed by atoms with Crippen molar-refractivity contribution in [1.29, 1.82) is 0 Å². The van der Waals surface area contributed by atoms with Gasteiger partial charge in [0.15, 0.2) is 0 Å². The van der Waals surface area contributed by atoms with E-state index in [1.165, 1.54) is 28.4 Å². The largest absolute Gasteiger partial charge is 0.392 e. The number of aliphatic hydroxyl groups is 1. The molecule has 0 bridgehead atoms. The number of benzene rings is 1. The van der Waals surface area contributed by atoms with Gasteiger partial charge in [0.2, 0.25) is 0 Å². The van der Waals surface area contributed by atoms with Crippen molar-refractivity contribution in [3.63, 3.8) is 0 Å². The summed E-state index contributed by atoms with van der Waals surface area (Å²) in [5.74, 6) is 0. The number of aryl methyl sites for hydroxylation is 1. The lowest BCUT2D eigenvalue weighted by Gasteiger charge is -2.40. The molecular weight excluding hydrogens is 316 g/mol. The van der Waals surface area contributed by atoms with E-state index in [4.69, 9.17) is 0 Å². The lowest BCUT2D eigenvalue weighted by atomic mass is 10.0. The van der Waals surface area contributed by atoms with Gasteiger partial charge in [-0.05, 0) is 42.5 Å². The quantitative estimate of drug-likeness (QED) is 0.851. The van der Waals surface area contributed by atoms with E-state index >= 15 is 0 Å². The molecule has 1 N–H and O–H groups in total. The van der Waals surface area contributed by atoms with Crippen LogP contribution >= 0.6 is 15.9 Å². The van der Waals surface area contributed by atoms with E-state index in [1.54, 1.807) is 0 Å². The molecule has 4 heteroatoms. The minimum atomic E-state index is -0.105. The van der Waals surface area contributed by atoms with Crippen molar-refractivity contribution in [2.75, 3.05) is 26.2 Å². The lowest BCUT2D eigenvalue weighted by Crippen LogP contribution is -2.50. The molecule has 3 aliphatic rings. The smallest absolute Gasteiger partial charge is 0.0682 e. The number of piperazine rings is 1. The van der Waals surface area contributed by atoms with Gasteiger partial charge in [-0.15, -0.1) is 0 Å². The molecule has 3 atom stereocenters. The fourth-order valence-corrected chi connectivity index (χ4v) is 4.67. The maximum Gasteiger partial charge on any atom is 0.0682 e. The highest BCUT2D eigenvalue weighted by molar-refractivity contribution is 9.10. The van der Waals surface area contributed by atoms with Crippen molar-refractivity contribution in [1.82, 2.24) is 9.80 Å². The normalized spacial score (nSPS) is 34.2. The second-order valence-electron chi connectivity index (χ2n) is 6.43. The van der Waals surface area contributed by atoms with Crippen LogP contribution in [0.15, 0.2) is 22.7 Å². The minimum Gasteiger partial charge on any atom is -0.392 e. The molecule has 3 nitrogen and oxygen atoms in total. The summed E-state index contributed by atoms with van der Waals surface area (Å²) in [6, 6.07) is 7.92. The summed E-state index contributed by atoms with van der Waals surface area (Å²) in [6.45, 7) is 4.26. The van der Waals surface area contributed by atoms with Crippen molar-refractivity contribution in [2.24, 2.45) is 0 Å². The van der Waals surface area contributed by atoms with E-state index < -0.39 is 0 Å². The lowest BCUT2D eigenvalue weighted by molar-refractivity contribution is 0.0705. The van der Waals surface area contributed by atoms with Crippen LogP contribution in [-0.2, 0) is 6.42 Å². The van der Waals surface area contributed by atoms with E-state index in [0.717, 1.165) is 32.6 Å². The van der Waals surface area contributed by atoms with E-state index in [0.29, 0.717) is 12.1 Å². The second-order valence-corrected chi connectivity index (χ2v) is 7.35. The van der Waals surface area contributed by atoms with Crippen LogP contribution in [0.5, 0.6) is 0 Å². The molecule has 2 aliphatic heterocycles. The molecule has 108 valence electrons. The molecule has 0 amide bonds. The molecule has 2 heterocycles. The highest BCUT2D eigenvalue weighted by atomic mass is 79.9. The Labute approximate surface area is 128 Å². The molecule has 0 radical (unpaired) electrons. The summed E-state index contributed by atoms with van der Waals surface area (Å²) in [6.07, 6.45) is 3.30. The number of nitrogens with zero attached hydrogens (tertiary/aromatic N) is 2. The predicted octanol–water partition coefficient (Wildman–Crippen LogP) is 2.19. The van der Waals surface area contributed by atoms with Crippen molar-refractivity contribution in [2.45, 2.75) is 37.5 Å². The van der Waals surface area contributed by atoms with Gasteiger partial charge in [0.1, 0.15) is 0 Å². The first-order valence-electron chi connectivity index (χ1n) is 7.65.